The molecule has 0 atom stereocenters. The van der Waals surface area contributed by atoms with Crippen LogP contribution in [0.25, 0.3) is 0 Å². The highest BCUT2D eigenvalue weighted by Gasteiger charge is 1.99. The third kappa shape index (κ3) is 4.75. The molecular weight excluding hydrogens is 314 g/mol. The van der Waals surface area contributed by atoms with Gasteiger partial charge >= 0.3 is 0 Å². The zero-order valence-corrected chi connectivity index (χ0v) is 13.3. The van der Waals surface area contributed by atoms with Gasteiger partial charge in [0.2, 0.25) is 0 Å². The third-order valence-corrected chi connectivity index (χ3v) is 3.94. The fourth-order valence-corrected chi connectivity index (χ4v) is 2.37. The topological polar surface area (TPSA) is 21.3 Å². The largest absolute Gasteiger partial charge is 0.372 e. The van der Waals surface area contributed by atoms with Crippen molar-refractivity contribution in [2.75, 3.05) is 13.6 Å². The fraction of sp³-hybridized carbons (Fsp3) is 0.294. The van der Waals surface area contributed by atoms with Gasteiger partial charge in [0, 0.05) is 4.47 Å². The van der Waals surface area contributed by atoms with Gasteiger partial charge in [0.05, 0.1) is 13.2 Å². The van der Waals surface area contributed by atoms with E-state index in [1.54, 1.807) is 0 Å². The summed E-state index contributed by atoms with van der Waals surface area (Å²) in [5, 5.41) is 3.16. The molecule has 0 spiro atoms. The summed E-state index contributed by atoms with van der Waals surface area (Å²) in [7, 11) is 1.98. The average molecular weight is 334 g/mol. The lowest BCUT2D eigenvalue weighted by molar-refractivity contribution is 0.107. The van der Waals surface area contributed by atoms with Gasteiger partial charge in [0.25, 0.3) is 0 Å². The Bertz CT molecular complexity index is 525. The summed E-state index contributed by atoms with van der Waals surface area (Å²) in [4.78, 5) is 0. The maximum Gasteiger partial charge on any atom is 0.0732 e. The number of halogens is 1. The minimum absolute atomic E-state index is 0.628. The molecule has 0 unspecified atom stereocenters. The molecule has 0 heterocycles. The summed E-state index contributed by atoms with van der Waals surface area (Å²) < 4.78 is 6.86. The van der Waals surface area contributed by atoms with E-state index in [1.165, 1.54) is 16.7 Å². The van der Waals surface area contributed by atoms with E-state index in [0.717, 1.165) is 17.4 Å². The molecule has 0 aliphatic heterocycles. The van der Waals surface area contributed by atoms with Crippen LogP contribution in [0.2, 0.25) is 0 Å². The summed E-state index contributed by atoms with van der Waals surface area (Å²) in [6, 6.07) is 16.8. The first-order valence-electron chi connectivity index (χ1n) is 6.83. The minimum atomic E-state index is 0.628. The predicted octanol–water partition coefficient (Wildman–Crippen LogP) is 3.93. The Morgan fingerprint density at radius 3 is 2.35 bits per heavy atom. The lowest BCUT2D eigenvalue weighted by Crippen LogP contribution is -2.10. The molecule has 0 radical (unpaired) electrons. The summed E-state index contributed by atoms with van der Waals surface area (Å²) in [5.41, 5.74) is 3.75. The van der Waals surface area contributed by atoms with Gasteiger partial charge < -0.3 is 10.1 Å². The summed E-state index contributed by atoms with van der Waals surface area (Å²) in [5.74, 6) is 0. The van der Waals surface area contributed by atoms with Crippen molar-refractivity contribution >= 4 is 15.9 Å². The van der Waals surface area contributed by atoms with Crippen molar-refractivity contribution in [3.05, 3.63) is 69.7 Å². The van der Waals surface area contributed by atoms with Crippen molar-refractivity contribution in [2.24, 2.45) is 0 Å². The van der Waals surface area contributed by atoms with Crippen molar-refractivity contribution in [1.29, 1.82) is 0 Å². The highest BCUT2D eigenvalue weighted by Crippen LogP contribution is 2.17. The van der Waals surface area contributed by atoms with Crippen molar-refractivity contribution in [2.45, 2.75) is 19.6 Å². The second kappa shape index (κ2) is 8.20. The van der Waals surface area contributed by atoms with E-state index in [0.29, 0.717) is 13.2 Å². The van der Waals surface area contributed by atoms with E-state index in [1.807, 2.05) is 25.2 Å². The van der Waals surface area contributed by atoms with Crippen molar-refractivity contribution in [3.8, 4) is 0 Å². The monoisotopic (exact) mass is 333 g/mol. The SMILES string of the molecule is CNCCc1ccc(COCc2ccccc2Br)cc1. The molecule has 3 heteroatoms. The molecule has 0 saturated carbocycles. The molecule has 2 aromatic rings. The van der Waals surface area contributed by atoms with E-state index in [9.17, 15) is 0 Å². The quantitative estimate of drug-likeness (QED) is 0.828. The number of nitrogens with one attached hydrogen (secondary N) is 1. The Balaban J connectivity index is 1.81. The fourth-order valence-electron chi connectivity index (χ4n) is 1.97. The van der Waals surface area contributed by atoms with E-state index < -0.39 is 0 Å². The molecular formula is C17H20BrNO. The molecule has 0 aromatic heterocycles. The van der Waals surface area contributed by atoms with Crippen LogP contribution in [0, 0.1) is 0 Å². The second-order valence-electron chi connectivity index (χ2n) is 4.75. The Labute approximate surface area is 129 Å². The van der Waals surface area contributed by atoms with Crippen LogP contribution in [0.4, 0.5) is 0 Å². The predicted molar refractivity (Wildman–Crippen MR) is 86.7 cm³/mol. The molecule has 106 valence electrons. The standard InChI is InChI=1S/C17H20BrNO/c1-19-11-10-14-6-8-15(9-7-14)12-20-13-16-4-2-3-5-17(16)18/h2-9,19H,10-13H2,1H3. The molecule has 1 N–H and O–H groups in total. The molecule has 2 rings (SSSR count). The van der Waals surface area contributed by atoms with Gasteiger partial charge in [-0.15, -0.1) is 0 Å². The second-order valence-corrected chi connectivity index (χ2v) is 5.61. The highest BCUT2D eigenvalue weighted by atomic mass is 79.9. The third-order valence-electron chi connectivity index (χ3n) is 3.17. The summed E-state index contributed by atoms with van der Waals surface area (Å²) in [6.07, 6.45) is 1.06. The molecule has 0 aliphatic rings. The number of benzene rings is 2. The maximum atomic E-state index is 5.77. The lowest BCUT2D eigenvalue weighted by Gasteiger charge is -2.07. The molecule has 2 aromatic carbocycles. The molecule has 0 saturated heterocycles. The van der Waals surface area contributed by atoms with Crippen LogP contribution >= 0.6 is 15.9 Å². The van der Waals surface area contributed by atoms with E-state index in [2.05, 4.69) is 51.6 Å². The van der Waals surface area contributed by atoms with Crippen LogP contribution in [0.15, 0.2) is 53.0 Å². The molecule has 0 aliphatic carbocycles. The van der Waals surface area contributed by atoms with Crippen LogP contribution in [0.3, 0.4) is 0 Å². The number of hydrogen-bond donors (Lipinski definition) is 1. The van der Waals surface area contributed by atoms with Gasteiger partial charge in [-0.3, -0.25) is 0 Å². The van der Waals surface area contributed by atoms with Crippen LogP contribution in [-0.2, 0) is 24.4 Å². The Morgan fingerprint density at radius 2 is 1.65 bits per heavy atom. The van der Waals surface area contributed by atoms with Crippen molar-refractivity contribution in [3.63, 3.8) is 0 Å². The first kappa shape index (κ1) is 15.2. The zero-order chi connectivity index (χ0) is 14.2. The normalized spacial score (nSPS) is 10.7. The van der Waals surface area contributed by atoms with E-state index in [-0.39, 0.29) is 0 Å². The molecule has 20 heavy (non-hydrogen) atoms. The maximum absolute atomic E-state index is 5.77. The Kier molecular flexibility index (Phi) is 6.25. The molecule has 0 bridgehead atoms. The van der Waals surface area contributed by atoms with Crippen molar-refractivity contribution in [1.82, 2.24) is 5.32 Å². The Morgan fingerprint density at radius 1 is 0.950 bits per heavy atom. The van der Waals surface area contributed by atoms with E-state index in [4.69, 9.17) is 4.74 Å². The van der Waals surface area contributed by atoms with Gasteiger partial charge in [-0.2, -0.15) is 0 Å². The first-order chi connectivity index (χ1) is 9.79. The number of ether oxygens (including phenoxy) is 1. The van der Waals surface area contributed by atoms with Gasteiger partial charge in [0.1, 0.15) is 0 Å². The number of hydrogen-bond acceptors (Lipinski definition) is 2. The summed E-state index contributed by atoms with van der Waals surface area (Å²) >= 11 is 3.53. The van der Waals surface area contributed by atoms with Gasteiger partial charge in [-0.05, 0) is 42.8 Å². The van der Waals surface area contributed by atoms with Crippen LogP contribution < -0.4 is 5.32 Å². The van der Waals surface area contributed by atoms with Gasteiger partial charge in [-0.25, -0.2) is 0 Å². The van der Waals surface area contributed by atoms with Crippen LogP contribution in [-0.4, -0.2) is 13.6 Å². The number of likely N-dealkylation sites (N-methyl/N-ethyl adjacent to an activating group) is 1. The smallest absolute Gasteiger partial charge is 0.0732 e. The van der Waals surface area contributed by atoms with E-state index >= 15 is 0 Å². The summed E-state index contributed by atoms with van der Waals surface area (Å²) in [6.45, 7) is 2.29. The molecule has 0 amide bonds. The Hall–Kier alpha value is -1.16. The molecule has 0 fully saturated rings. The van der Waals surface area contributed by atoms with Crippen molar-refractivity contribution < 1.29 is 4.74 Å². The van der Waals surface area contributed by atoms with Gasteiger partial charge in [-0.1, -0.05) is 58.4 Å². The van der Waals surface area contributed by atoms with Crippen LogP contribution in [0.1, 0.15) is 16.7 Å². The van der Waals surface area contributed by atoms with Gasteiger partial charge in [0.15, 0.2) is 0 Å². The van der Waals surface area contributed by atoms with Crippen LogP contribution in [0.5, 0.6) is 0 Å². The average Bonchev–Trinajstić information content (AvgIpc) is 2.48. The first-order valence-corrected chi connectivity index (χ1v) is 7.62. The zero-order valence-electron chi connectivity index (χ0n) is 11.7. The molecule has 2 nitrogen and oxygen atoms in total. The number of rotatable bonds is 7. The highest BCUT2D eigenvalue weighted by molar-refractivity contribution is 9.10. The lowest BCUT2D eigenvalue weighted by atomic mass is 10.1. The minimum Gasteiger partial charge on any atom is -0.372 e.